The molecule has 0 heterocycles. The molecule has 2 N–H and O–H groups in total. The summed E-state index contributed by atoms with van der Waals surface area (Å²) in [4.78, 5) is 11.6. The van der Waals surface area contributed by atoms with Gasteiger partial charge in [0.25, 0.3) is 0 Å². The van der Waals surface area contributed by atoms with E-state index in [1.54, 1.807) is 0 Å². The van der Waals surface area contributed by atoms with Gasteiger partial charge in [-0.15, -0.1) is 0 Å². The molecule has 0 aliphatic heterocycles. The number of nitrogens with one attached hydrogen (secondary N) is 1. The van der Waals surface area contributed by atoms with Crippen LogP contribution in [0.3, 0.4) is 0 Å². The van der Waals surface area contributed by atoms with E-state index in [1.165, 1.54) is 0 Å². The Morgan fingerprint density at radius 3 is 2.57 bits per heavy atom. The topological polar surface area (TPSA) is 73.1 Å². The second-order valence-electron chi connectivity index (χ2n) is 4.51. The molecule has 0 bridgehead atoms. The van der Waals surface area contributed by atoms with Crippen LogP contribution in [0.1, 0.15) is 33.1 Å². The van der Waals surface area contributed by atoms with Gasteiger partial charge < -0.3 is 10.4 Å². The van der Waals surface area contributed by atoms with Gasteiger partial charge in [0.2, 0.25) is 5.91 Å². The lowest BCUT2D eigenvalue weighted by Crippen LogP contribution is -2.47. The molecule has 78 valence electrons. The number of aliphatic hydroxyl groups is 1. The Labute approximate surface area is 83.9 Å². The number of hydrogen-bond donors (Lipinski definition) is 2. The molecule has 0 aromatic carbocycles. The summed E-state index contributed by atoms with van der Waals surface area (Å²) in [5.41, 5.74) is -1.20. The Bertz CT molecular complexity index is 274. The minimum atomic E-state index is -0.771. The van der Waals surface area contributed by atoms with Crippen LogP contribution in [-0.4, -0.2) is 23.2 Å². The number of hydrogen-bond acceptors (Lipinski definition) is 3. The van der Waals surface area contributed by atoms with Gasteiger partial charge in [-0.25, -0.2) is 0 Å². The highest BCUT2D eigenvalue weighted by molar-refractivity contribution is 5.88. The number of nitriles is 1. The van der Waals surface area contributed by atoms with Gasteiger partial charge in [-0.3, -0.25) is 4.79 Å². The van der Waals surface area contributed by atoms with Crippen LogP contribution < -0.4 is 5.32 Å². The fourth-order valence-corrected chi connectivity index (χ4v) is 1.28. The molecule has 4 heteroatoms. The average molecular weight is 196 g/mol. The summed E-state index contributed by atoms with van der Waals surface area (Å²) in [5, 5.41) is 20.4. The van der Waals surface area contributed by atoms with Crippen molar-refractivity contribution >= 4 is 5.91 Å². The molecular formula is C10H16N2O2. The standard InChI is InChI=1S/C10H16N2O2/c1-9(2,5-6-13)12-8(14)10(7-11)3-4-10/h13H,3-6H2,1-2H3,(H,12,14). The zero-order chi connectivity index (χ0) is 10.8. The van der Waals surface area contributed by atoms with E-state index in [0.717, 1.165) is 0 Å². The minimum Gasteiger partial charge on any atom is -0.396 e. The van der Waals surface area contributed by atoms with E-state index < -0.39 is 11.0 Å². The summed E-state index contributed by atoms with van der Waals surface area (Å²) in [6.45, 7) is 3.72. The van der Waals surface area contributed by atoms with Crippen molar-refractivity contribution in [1.29, 1.82) is 5.26 Å². The summed E-state index contributed by atoms with van der Waals surface area (Å²) in [5.74, 6) is -0.196. The number of rotatable bonds is 4. The largest absolute Gasteiger partial charge is 0.396 e. The van der Waals surface area contributed by atoms with Crippen LogP contribution in [0.5, 0.6) is 0 Å². The molecular weight excluding hydrogens is 180 g/mol. The first-order valence-electron chi connectivity index (χ1n) is 4.80. The second kappa shape index (κ2) is 3.58. The maximum Gasteiger partial charge on any atom is 0.240 e. The van der Waals surface area contributed by atoms with Gasteiger partial charge in [0.05, 0.1) is 6.07 Å². The third-order valence-electron chi connectivity index (χ3n) is 2.59. The predicted octanol–water partition coefficient (Wildman–Crippen LogP) is 0.567. The van der Waals surface area contributed by atoms with Crippen molar-refractivity contribution in [3.8, 4) is 6.07 Å². The molecule has 0 radical (unpaired) electrons. The lowest BCUT2D eigenvalue weighted by Gasteiger charge is -2.26. The second-order valence-corrected chi connectivity index (χ2v) is 4.51. The van der Waals surface area contributed by atoms with Gasteiger partial charge in [-0.05, 0) is 33.1 Å². The zero-order valence-electron chi connectivity index (χ0n) is 8.63. The Hall–Kier alpha value is -1.08. The van der Waals surface area contributed by atoms with Crippen LogP contribution in [0.4, 0.5) is 0 Å². The first-order valence-corrected chi connectivity index (χ1v) is 4.80. The average Bonchev–Trinajstić information content (AvgIpc) is 2.82. The van der Waals surface area contributed by atoms with E-state index in [1.807, 2.05) is 19.9 Å². The third-order valence-corrected chi connectivity index (χ3v) is 2.59. The molecule has 0 atom stereocenters. The van der Waals surface area contributed by atoms with Crippen molar-refractivity contribution in [2.45, 2.75) is 38.6 Å². The third kappa shape index (κ3) is 2.24. The van der Waals surface area contributed by atoms with Gasteiger partial charge in [0.15, 0.2) is 0 Å². The van der Waals surface area contributed by atoms with E-state index in [-0.39, 0.29) is 12.5 Å². The lowest BCUT2D eigenvalue weighted by atomic mass is 9.99. The van der Waals surface area contributed by atoms with Crippen molar-refractivity contribution < 1.29 is 9.90 Å². The molecule has 0 spiro atoms. The predicted molar refractivity (Wildman–Crippen MR) is 51.2 cm³/mol. The highest BCUT2D eigenvalue weighted by atomic mass is 16.3. The van der Waals surface area contributed by atoms with Crippen LogP contribution in [0.2, 0.25) is 0 Å². The van der Waals surface area contributed by atoms with E-state index in [0.29, 0.717) is 19.3 Å². The number of amides is 1. The number of carbonyl (C=O) groups is 1. The minimum absolute atomic E-state index is 0.0346. The first-order chi connectivity index (χ1) is 6.46. The SMILES string of the molecule is CC(C)(CCO)NC(=O)C1(C#N)CC1. The molecule has 1 amide bonds. The molecule has 0 aromatic rings. The Morgan fingerprint density at radius 2 is 2.21 bits per heavy atom. The summed E-state index contributed by atoms with van der Waals surface area (Å²) < 4.78 is 0. The van der Waals surface area contributed by atoms with Gasteiger partial charge in [-0.1, -0.05) is 0 Å². The fraction of sp³-hybridized carbons (Fsp3) is 0.800. The van der Waals surface area contributed by atoms with E-state index >= 15 is 0 Å². The van der Waals surface area contributed by atoms with Crippen molar-refractivity contribution in [1.82, 2.24) is 5.32 Å². The zero-order valence-corrected chi connectivity index (χ0v) is 8.63. The van der Waals surface area contributed by atoms with Gasteiger partial charge >= 0.3 is 0 Å². The fourth-order valence-electron chi connectivity index (χ4n) is 1.28. The van der Waals surface area contributed by atoms with Crippen LogP contribution in [0, 0.1) is 16.7 Å². The molecule has 0 unspecified atom stereocenters. The quantitative estimate of drug-likeness (QED) is 0.690. The first kappa shape index (κ1) is 11.0. The van der Waals surface area contributed by atoms with Gasteiger partial charge in [0, 0.05) is 12.1 Å². The summed E-state index contributed by atoms with van der Waals surface area (Å²) in [6.07, 6.45) is 1.81. The molecule has 1 aliphatic carbocycles. The molecule has 1 saturated carbocycles. The number of nitrogens with zero attached hydrogens (tertiary/aromatic N) is 1. The van der Waals surface area contributed by atoms with Crippen molar-refractivity contribution in [3.05, 3.63) is 0 Å². The van der Waals surface area contributed by atoms with Crippen molar-refractivity contribution in [2.24, 2.45) is 5.41 Å². The van der Waals surface area contributed by atoms with E-state index in [2.05, 4.69) is 5.32 Å². The molecule has 14 heavy (non-hydrogen) atoms. The summed E-state index contributed by atoms with van der Waals surface area (Å²) >= 11 is 0. The number of carbonyl (C=O) groups excluding carboxylic acids is 1. The summed E-state index contributed by atoms with van der Waals surface area (Å²) in [6, 6.07) is 2.04. The number of aliphatic hydroxyl groups excluding tert-OH is 1. The maximum atomic E-state index is 11.6. The van der Waals surface area contributed by atoms with Crippen LogP contribution in [0.25, 0.3) is 0 Å². The maximum absolute atomic E-state index is 11.6. The van der Waals surface area contributed by atoms with Gasteiger partial charge in [0.1, 0.15) is 5.41 Å². The van der Waals surface area contributed by atoms with Crippen LogP contribution >= 0.6 is 0 Å². The Kier molecular flexibility index (Phi) is 2.81. The molecule has 0 saturated heterocycles. The highest BCUT2D eigenvalue weighted by Crippen LogP contribution is 2.45. The monoisotopic (exact) mass is 196 g/mol. The van der Waals surface area contributed by atoms with E-state index in [4.69, 9.17) is 10.4 Å². The Morgan fingerprint density at radius 1 is 1.64 bits per heavy atom. The van der Waals surface area contributed by atoms with Crippen molar-refractivity contribution in [2.75, 3.05) is 6.61 Å². The molecule has 1 aliphatic rings. The van der Waals surface area contributed by atoms with Crippen molar-refractivity contribution in [3.63, 3.8) is 0 Å². The highest BCUT2D eigenvalue weighted by Gasteiger charge is 2.51. The molecule has 0 aromatic heterocycles. The van der Waals surface area contributed by atoms with Crippen LogP contribution in [0.15, 0.2) is 0 Å². The smallest absolute Gasteiger partial charge is 0.240 e. The molecule has 1 rings (SSSR count). The van der Waals surface area contributed by atoms with Crippen LogP contribution in [-0.2, 0) is 4.79 Å². The lowest BCUT2D eigenvalue weighted by molar-refractivity contribution is -0.126. The summed E-state index contributed by atoms with van der Waals surface area (Å²) in [7, 11) is 0. The normalized spacial score (nSPS) is 18.4. The Balaban J connectivity index is 2.53. The van der Waals surface area contributed by atoms with Gasteiger partial charge in [-0.2, -0.15) is 5.26 Å². The molecule has 4 nitrogen and oxygen atoms in total. The van der Waals surface area contributed by atoms with E-state index in [9.17, 15) is 4.79 Å². The molecule has 1 fully saturated rings.